The van der Waals surface area contributed by atoms with Gasteiger partial charge in [-0.2, -0.15) is 5.10 Å². The van der Waals surface area contributed by atoms with Gasteiger partial charge in [0.1, 0.15) is 12.4 Å². The van der Waals surface area contributed by atoms with Crippen LogP contribution in [0.15, 0.2) is 12.4 Å². The number of nitrogens with zero attached hydrogens (tertiary/aromatic N) is 4. The van der Waals surface area contributed by atoms with Crippen LogP contribution < -0.4 is 0 Å². The van der Waals surface area contributed by atoms with Gasteiger partial charge in [-0.3, -0.25) is 14.8 Å². The zero-order valence-electron chi connectivity index (χ0n) is 12.1. The molecule has 0 amide bonds. The zero-order chi connectivity index (χ0) is 14.8. The minimum Gasteiger partial charge on any atom is -0.390 e. The molecule has 0 radical (unpaired) electrons. The van der Waals surface area contributed by atoms with Gasteiger partial charge in [-0.15, -0.1) is 0 Å². The molecule has 3 atom stereocenters. The van der Waals surface area contributed by atoms with Gasteiger partial charge in [-0.1, -0.05) is 12.8 Å². The van der Waals surface area contributed by atoms with E-state index in [1.807, 2.05) is 0 Å². The molecule has 0 bridgehead atoms. The van der Waals surface area contributed by atoms with Gasteiger partial charge in [0.25, 0.3) is 0 Å². The van der Waals surface area contributed by atoms with Crippen LogP contribution in [0.25, 0.3) is 0 Å². The first-order valence-corrected chi connectivity index (χ1v) is 7.69. The molecule has 0 spiro atoms. The Morgan fingerprint density at radius 1 is 1.33 bits per heavy atom. The third-order valence-corrected chi connectivity index (χ3v) is 4.75. The zero-order valence-corrected chi connectivity index (χ0v) is 12.1. The molecule has 2 heterocycles. The van der Waals surface area contributed by atoms with E-state index in [9.17, 15) is 15.2 Å². The summed E-state index contributed by atoms with van der Waals surface area (Å²) in [7, 11) is 0. The second-order valence-electron chi connectivity index (χ2n) is 6.35. The van der Waals surface area contributed by atoms with Crippen molar-refractivity contribution in [3.05, 3.63) is 22.5 Å². The van der Waals surface area contributed by atoms with Crippen LogP contribution in [-0.4, -0.2) is 50.4 Å². The first kappa shape index (κ1) is 14.5. The molecule has 1 saturated carbocycles. The maximum absolute atomic E-state index is 10.6. The first-order chi connectivity index (χ1) is 10.1. The van der Waals surface area contributed by atoms with Gasteiger partial charge in [-0.25, -0.2) is 0 Å². The Bertz CT molecular complexity index is 490. The Labute approximate surface area is 123 Å². The number of aliphatic hydroxyl groups excluding tert-OH is 1. The third kappa shape index (κ3) is 3.41. The lowest BCUT2D eigenvalue weighted by molar-refractivity contribution is -0.385. The molecule has 21 heavy (non-hydrogen) atoms. The van der Waals surface area contributed by atoms with E-state index in [0.717, 1.165) is 24.9 Å². The van der Waals surface area contributed by atoms with Crippen molar-refractivity contribution in [2.45, 2.75) is 38.3 Å². The molecule has 2 aliphatic rings. The summed E-state index contributed by atoms with van der Waals surface area (Å²) in [5, 5.41) is 24.7. The molecule has 3 rings (SSSR count). The highest BCUT2D eigenvalue weighted by molar-refractivity contribution is 5.20. The van der Waals surface area contributed by atoms with Gasteiger partial charge in [0.2, 0.25) is 0 Å². The van der Waals surface area contributed by atoms with Gasteiger partial charge in [-0.05, 0) is 24.7 Å². The number of nitro groups is 1. The highest BCUT2D eigenvalue weighted by Crippen LogP contribution is 2.35. The van der Waals surface area contributed by atoms with Crippen LogP contribution >= 0.6 is 0 Å². The van der Waals surface area contributed by atoms with E-state index in [-0.39, 0.29) is 5.69 Å². The standard InChI is InChI=1S/C14H22N4O3/c19-14(10-17-8-13(5-15-17)18(20)21)9-16-6-11-3-1-2-4-12(11)7-16/h5,8,11-12,14,19H,1-4,6-7,9-10H2. The maximum atomic E-state index is 10.6. The summed E-state index contributed by atoms with van der Waals surface area (Å²) in [6, 6.07) is 0. The average molecular weight is 294 g/mol. The van der Waals surface area contributed by atoms with Crippen LogP contribution in [0.3, 0.4) is 0 Å². The lowest BCUT2D eigenvalue weighted by Gasteiger charge is -2.23. The number of aromatic nitrogens is 2. The summed E-state index contributed by atoms with van der Waals surface area (Å²) in [6.45, 7) is 3.10. The molecule has 116 valence electrons. The minimum absolute atomic E-state index is 0.0330. The number of rotatable bonds is 5. The summed E-state index contributed by atoms with van der Waals surface area (Å²) < 4.78 is 1.45. The van der Waals surface area contributed by atoms with Crippen LogP contribution in [0.2, 0.25) is 0 Å². The molecule has 7 nitrogen and oxygen atoms in total. The summed E-state index contributed by atoms with van der Waals surface area (Å²) in [6.07, 6.45) is 7.38. The summed E-state index contributed by atoms with van der Waals surface area (Å²) in [5.74, 6) is 1.61. The van der Waals surface area contributed by atoms with Gasteiger partial charge >= 0.3 is 5.69 Å². The fourth-order valence-corrected chi connectivity index (χ4v) is 3.77. The van der Waals surface area contributed by atoms with Crippen molar-refractivity contribution < 1.29 is 10.0 Å². The number of likely N-dealkylation sites (tertiary alicyclic amines) is 1. The van der Waals surface area contributed by atoms with Crippen molar-refractivity contribution in [3.63, 3.8) is 0 Å². The molecule has 1 saturated heterocycles. The highest BCUT2D eigenvalue weighted by Gasteiger charge is 2.34. The van der Waals surface area contributed by atoms with Crippen LogP contribution in [0.4, 0.5) is 5.69 Å². The smallest absolute Gasteiger partial charge is 0.306 e. The molecule has 3 unspecified atom stereocenters. The molecule has 1 aromatic rings. The van der Waals surface area contributed by atoms with Crippen LogP contribution in [0.5, 0.6) is 0 Å². The van der Waals surface area contributed by atoms with Crippen LogP contribution in [0, 0.1) is 22.0 Å². The predicted octanol–water partition coefficient (Wildman–Crippen LogP) is 1.27. The molecular formula is C14H22N4O3. The largest absolute Gasteiger partial charge is 0.390 e. The summed E-state index contributed by atoms with van der Waals surface area (Å²) in [4.78, 5) is 12.5. The predicted molar refractivity (Wildman–Crippen MR) is 76.8 cm³/mol. The molecule has 1 aliphatic heterocycles. The van der Waals surface area contributed by atoms with E-state index >= 15 is 0 Å². The van der Waals surface area contributed by atoms with E-state index in [1.54, 1.807) is 0 Å². The van der Waals surface area contributed by atoms with Gasteiger partial charge in [0.05, 0.1) is 17.6 Å². The Kier molecular flexibility index (Phi) is 4.21. The third-order valence-electron chi connectivity index (χ3n) is 4.75. The van der Waals surface area contributed by atoms with Crippen molar-refractivity contribution in [1.29, 1.82) is 0 Å². The van der Waals surface area contributed by atoms with Crippen molar-refractivity contribution in [3.8, 4) is 0 Å². The number of β-amino-alcohol motifs (C(OH)–C–C–N with tert-alkyl or cyclic N) is 1. The van der Waals surface area contributed by atoms with Gasteiger partial charge in [0.15, 0.2) is 0 Å². The quantitative estimate of drug-likeness (QED) is 0.653. The normalized spacial score (nSPS) is 27.5. The fourth-order valence-electron chi connectivity index (χ4n) is 3.77. The molecular weight excluding hydrogens is 272 g/mol. The number of aliphatic hydroxyl groups is 1. The molecule has 2 fully saturated rings. The second kappa shape index (κ2) is 6.11. The Morgan fingerprint density at radius 2 is 2.00 bits per heavy atom. The highest BCUT2D eigenvalue weighted by atomic mass is 16.6. The Balaban J connectivity index is 1.49. The number of fused-ring (bicyclic) bond motifs is 1. The maximum Gasteiger partial charge on any atom is 0.306 e. The van der Waals surface area contributed by atoms with Crippen molar-refractivity contribution in [2.24, 2.45) is 11.8 Å². The SMILES string of the molecule is O=[N+]([O-])c1cnn(CC(O)CN2CC3CCCCC3C2)c1. The lowest BCUT2D eigenvalue weighted by Crippen LogP contribution is -2.33. The Morgan fingerprint density at radius 3 is 2.57 bits per heavy atom. The van der Waals surface area contributed by atoms with E-state index in [2.05, 4.69) is 10.00 Å². The fraction of sp³-hybridized carbons (Fsp3) is 0.786. The topological polar surface area (TPSA) is 84.4 Å². The average Bonchev–Trinajstić information content (AvgIpc) is 3.04. The van der Waals surface area contributed by atoms with Crippen LogP contribution in [-0.2, 0) is 6.54 Å². The lowest BCUT2D eigenvalue weighted by atomic mass is 9.82. The molecule has 1 N–H and O–H groups in total. The van der Waals surface area contributed by atoms with E-state index < -0.39 is 11.0 Å². The van der Waals surface area contributed by atoms with Crippen molar-refractivity contribution in [2.75, 3.05) is 19.6 Å². The van der Waals surface area contributed by atoms with Crippen molar-refractivity contribution >= 4 is 5.69 Å². The number of hydrogen-bond donors (Lipinski definition) is 1. The van der Waals surface area contributed by atoms with Crippen LogP contribution in [0.1, 0.15) is 25.7 Å². The number of hydrogen-bond acceptors (Lipinski definition) is 5. The first-order valence-electron chi connectivity index (χ1n) is 7.69. The van der Waals surface area contributed by atoms with E-state index in [0.29, 0.717) is 13.1 Å². The second-order valence-corrected chi connectivity index (χ2v) is 6.35. The monoisotopic (exact) mass is 294 g/mol. The molecule has 7 heteroatoms. The summed E-state index contributed by atoms with van der Waals surface area (Å²) >= 11 is 0. The minimum atomic E-state index is -0.537. The molecule has 1 aliphatic carbocycles. The van der Waals surface area contributed by atoms with Gasteiger partial charge < -0.3 is 10.0 Å². The molecule has 1 aromatic heterocycles. The molecule has 0 aromatic carbocycles. The Hall–Kier alpha value is -1.47. The summed E-state index contributed by atoms with van der Waals surface area (Å²) in [5.41, 5.74) is -0.0330. The van der Waals surface area contributed by atoms with E-state index in [1.165, 1.54) is 42.8 Å². The van der Waals surface area contributed by atoms with Crippen molar-refractivity contribution in [1.82, 2.24) is 14.7 Å². The van der Waals surface area contributed by atoms with Gasteiger partial charge in [0, 0.05) is 19.6 Å². The van der Waals surface area contributed by atoms with E-state index in [4.69, 9.17) is 0 Å².